The molecule has 2 heterocycles. The number of allylic oxidation sites excluding steroid dienone is 1. The number of fused-ring (bicyclic) bond motifs is 1. The first-order valence-corrected chi connectivity index (χ1v) is 9.17. The van der Waals surface area contributed by atoms with E-state index >= 15 is 0 Å². The fourth-order valence-corrected chi connectivity index (χ4v) is 4.93. The van der Waals surface area contributed by atoms with E-state index in [9.17, 15) is 14.9 Å². The molecule has 25 heavy (non-hydrogen) atoms. The second-order valence-electron chi connectivity index (χ2n) is 6.26. The highest BCUT2D eigenvalue weighted by atomic mass is 32.2. The Morgan fingerprint density at radius 2 is 2.08 bits per heavy atom. The minimum Gasteiger partial charge on any atom is -0.422 e. The molecule has 2 aromatic rings. The molecule has 1 aliphatic heterocycles. The van der Waals surface area contributed by atoms with Gasteiger partial charge < -0.3 is 9.73 Å². The van der Waals surface area contributed by atoms with Gasteiger partial charge in [-0.1, -0.05) is 18.2 Å². The first-order valence-electron chi connectivity index (χ1n) is 8.29. The second-order valence-corrected chi connectivity index (χ2v) is 7.50. The Morgan fingerprint density at radius 3 is 2.92 bits per heavy atom. The molecule has 1 amide bonds. The van der Waals surface area contributed by atoms with E-state index in [1.165, 1.54) is 4.91 Å². The van der Waals surface area contributed by atoms with Gasteiger partial charge in [-0.2, -0.15) is 5.26 Å². The van der Waals surface area contributed by atoms with Gasteiger partial charge in [0.15, 0.2) is 0 Å². The van der Waals surface area contributed by atoms with Gasteiger partial charge in [-0.3, -0.25) is 4.79 Å². The molecule has 1 N–H and O–H groups in total. The minimum atomic E-state index is -0.662. The summed E-state index contributed by atoms with van der Waals surface area (Å²) < 4.78 is 5.23. The monoisotopic (exact) mass is 352 g/mol. The maximum Gasteiger partial charge on any atom is 0.349 e. The Labute approximate surface area is 148 Å². The summed E-state index contributed by atoms with van der Waals surface area (Å²) in [5.74, 6) is -0.811. The fraction of sp³-hybridized carbons (Fsp3) is 0.316. The standard InChI is InChI=1S/C19H16N2O3S/c20-10-14-12-6-2-4-8-16(12)25-18(14)21-17(22)13-9-11-5-1-3-7-15(11)24-19(13)23/h1,3,5,7,9,14,18H,2,4,6,8H2,(H,21,22). The number of amides is 1. The highest BCUT2D eigenvalue weighted by Gasteiger charge is 2.37. The molecule has 2 aliphatic rings. The van der Waals surface area contributed by atoms with Gasteiger partial charge in [0, 0.05) is 5.39 Å². The zero-order valence-electron chi connectivity index (χ0n) is 13.5. The summed E-state index contributed by atoms with van der Waals surface area (Å²) in [5, 5.41) is 12.7. The summed E-state index contributed by atoms with van der Waals surface area (Å²) in [6.07, 6.45) is 4.11. The van der Waals surface area contributed by atoms with Crippen LogP contribution in [0.5, 0.6) is 0 Å². The number of rotatable bonds is 2. The van der Waals surface area contributed by atoms with Crippen LogP contribution in [0.25, 0.3) is 11.0 Å². The van der Waals surface area contributed by atoms with Crippen LogP contribution in [-0.4, -0.2) is 11.3 Å². The smallest absolute Gasteiger partial charge is 0.349 e. The zero-order valence-corrected chi connectivity index (χ0v) is 14.3. The highest BCUT2D eigenvalue weighted by molar-refractivity contribution is 8.04. The molecule has 0 radical (unpaired) electrons. The van der Waals surface area contributed by atoms with E-state index in [1.807, 2.05) is 6.07 Å². The molecule has 2 unspecified atom stereocenters. The van der Waals surface area contributed by atoms with Crippen molar-refractivity contribution in [2.75, 3.05) is 0 Å². The van der Waals surface area contributed by atoms with Gasteiger partial charge in [0.2, 0.25) is 0 Å². The van der Waals surface area contributed by atoms with Crippen LogP contribution in [-0.2, 0) is 0 Å². The quantitative estimate of drug-likeness (QED) is 0.836. The summed E-state index contributed by atoms with van der Waals surface area (Å²) in [4.78, 5) is 26.0. The van der Waals surface area contributed by atoms with Crippen molar-refractivity contribution in [3.63, 3.8) is 0 Å². The second kappa shape index (κ2) is 6.41. The third-order valence-electron chi connectivity index (χ3n) is 4.70. The maximum atomic E-state index is 12.6. The number of nitriles is 1. The molecule has 126 valence electrons. The van der Waals surface area contributed by atoms with Crippen LogP contribution in [0.15, 0.2) is 50.0 Å². The molecule has 0 bridgehead atoms. The number of nitrogens with zero attached hydrogens (tertiary/aromatic N) is 1. The van der Waals surface area contributed by atoms with Crippen LogP contribution >= 0.6 is 11.8 Å². The van der Waals surface area contributed by atoms with E-state index in [4.69, 9.17) is 4.42 Å². The Kier molecular flexibility index (Phi) is 4.10. The van der Waals surface area contributed by atoms with Gasteiger partial charge in [0.05, 0.1) is 17.4 Å². The lowest BCUT2D eigenvalue weighted by Gasteiger charge is -2.17. The van der Waals surface area contributed by atoms with Gasteiger partial charge >= 0.3 is 5.63 Å². The first kappa shape index (κ1) is 16.0. The van der Waals surface area contributed by atoms with Crippen molar-refractivity contribution < 1.29 is 9.21 Å². The van der Waals surface area contributed by atoms with E-state index in [-0.39, 0.29) is 16.9 Å². The van der Waals surface area contributed by atoms with Crippen LogP contribution in [0.1, 0.15) is 36.0 Å². The van der Waals surface area contributed by atoms with Crippen LogP contribution in [0, 0.1) is 17.2 Å². The molecular formula is C19H16N2O3S. The Bertz CT molecular complexity index is 986. The van der Waals surface area contributed by atoms with E-state index in [2.05, 4.69) is 11.4 Å². The maximum absolute atomic E-state index is 12.6. The number of nitrogens with one attached hydrogen (secondary N) is 1. The number of hydrogen-bond acceptors (Lipinski definition) is 5. The molecule has 1 aromatic heterocycles. The molecule has 2 atom stereocenters. The lowest BCUT2D eigenvalue weighted by atomic mass is 9.90. The number of hydrogen-bond donors (Lipinski definition) is 1. The predicted molar refractivity (Wildman–Crippen MR) is 95.9 cm³/mol. The molecule has 1 aliphatic carbocycles. The van der Waals surface area contributed by atoms with E-state index in [0.717, 1.165) is 31.3 Å². The molecule has 0 fully saturated rings. The average Bonchev–Trinajstić information content (AvgIpc) is 2.97. The van der Waals surface area contributed by atoms with Gasteiger partial charge in [0.25, 0.3) is 5.91 Å². The van der Waals surface area contributed by atoms with Crippen LogP contribution in [0.3, 0.4) is 0 Å². The summed E-state index contributed by atoms with van der Waals surface area (Å²) in [7, 11) is 0. The van der Waals surface area contributed by atoms with Crippen molar-refractivity contribution >= 4 is 28.6 Å². The molecule has 4 rings (SSSR count). The van der Waals surface area contributed by atoms with Crippen molar-refractivity contribution in [1.29, 1.82) is 5.26 Å². The lowest BCUT2D eigenvalue weighted by molar-refractivity contribution is 0.0943. The summed E-state index contributed by atoms with van der Waals surface area (Å²) in [6, 6.07) is 10.9. The van der Waals surface area contributed by atoms with Crippen LogP contribution in [0.4, 0.5) is 0 Å². The molecule has 0 saturated carbocycles. The summed E-state index contributed by atoms with van der Waals surface area (Å²) >= 11 is 1.55. The van der Waals surface area contributed by atoms with E-state index < -0.39 is 11.5 Å². The van der Waals surface area contributed by atoms with Crippen molar-refractivity contribution in [1.82, 2.24) is 5.32 Å². The van der Waals surface area contributed by atoms with Crippen molar-refractivity contribution in [3.8, 4) is 6.07 Å². The molecule has 1 aromatic carbocycles. The summed E-state index contributed by atoms with van der Waals surface area (Å²) in [6.45, 7) is 0. The highest BCUT2D eigenvalue weighted by Crippen LogP contribution is 2.47. The van der Waals surface area contributed by atoms with Crippen molar-refractivity contribution in [2.45, 2.75) is 31.1 Å². The fourth-order valence-electron chi connectivity index (χ4n) is 3.45. The Hall–Kier alpha value is -2.52. The SMILES string of the molecule is N#CC1C2=C(CCCC2)SC1NC(=O)c1cc2ccccc2oc1=O. The van der Waals surface area contributed by atoms with Gasteiger partial charge in [0.1, 0.15) is 11.1 Å². The normalized spacial score (nSPS) is 22.5. The molecule has 6 heteroatoms. The number of thioether (sulfide) groups is 1. The Morgan fingerprint density at radius 1 is 1.28 bits per heavy atom. The first-order chi connectivity index (χ1) is 12.2. The number of para-hydroxylation sites is 1. The largest absolute Gasteiger partial charge is 0.422 e. The average molecular weight is 352 g/mol. The Balaban J connectivity index is 1.60. The molecule has 0 saturated heterocycles. The third kappa shape index (κ3) is 2.85. The van der Waals surface area contributed by atoms with Crippen molar-refractivity contribution in [3.05, 3.63) is 56.8 Å². The van der Waals surface area contributed by atoms with Crippen LogP contribution in [0.2, 0.25) is 0 Å². The van der Waals surface area contributed by atoms with Gasteiger partial charge in [-0.15, -0.1) is 11.8 Å². The minimum absolute atomic E-state index is 0.0270. The number of carbonyl (C=O) groups is 1. The topological polar surface area (TPSA) is 83.1 Å². The zero-order chi connectivity index (χ0) is 17.4. The summed E-state index contributed by atoms with van der Waals surface area (Å²) in [5.41, 5.74) is 0.923. The lowest BCUT2D eigenvalue weighted by Crippen LogP contribution is -2.38. The number of benzene rings is 1. The van der Waals surface area contributed by atoms with Crippen LogP contribution < -0.4 is 10.9 Å². The van der Waals surface area contributed by atoms with E-state index in [1.54, 1.807) is 36.0 Å². The predicted octanol–water partition coefficient (Wildman–Crippen LogP) is 3.56. The third-order valence-corrected chi connectivity index (χ3v) is 6.10. The molecular weight excluding hydrogens is 336 g/mol. The number of carbonyl (C=O) groups excluding carboxylic acids is 1. The van der Waals surface area contributed by atoms with Gasteiger partial charge in [-0.25, -0.2) is 4.79 Å². The van der Waals surface area contributed by atoms with E-state index in [0.29, 0.717) is 11.0 Å². The molecule has 5 nitrogen and oxygen atoms in total. The van der Waals surface area contributed by atoms with Gasteiger partial charge in [-0.05, 0) is 48.3 Å². The molecule has 0 spiro atoms. The van der Waals surface area contributed by atoms with Crippen molar-refractivity contribution in [2.24, 2.45) is 5.92 Å².